The molecule has 152 valence electrons. The summed E-state index contributed by atoms with van der Waals surface area (Å²) in [6, 6.07) is 13.6. The summed E-state index contributed by atoms with van der Waals surface area (Å²) in [6.07, 6.45) is 2.69. The maximum Gasteiger partial charge on any atom is 0.232 e. The van der Waals surface area contributed by atoms with Crippen molar-refractivity contribution < 1.29 is 14.3 Å². The zero-order valence-electron chi connectivity index (χ0n) is 16.5. The van der Waals surface area contributed by atoms with E-state index in [1.807, 2.05) is 31.2 Å². The summed E-state index contributed by atoms with van der Waals surface area (Å²) in [5.41, 5.74) is 3.18. The smallest absolute Gasteiger partial charge is 0.232 e. The first-order valence-electron chi connectivity index (χ1n) is 9.83. The number of ether oxygens (including phenoxy) is 2. The molecule has 0 saturated carbocycles. The molecule has 0 fully saturated rings. The van der Waals surface area contributed by atoms with Crippen molar-refractivity contribution >= 4 is 34.8 Å². The summed E-state index contributed by atoms with van der Waals surface area (Å²) in [4.78, 5) is 16.7. The van der Waals surface area contributed by atoms with Crippen LogP contribution in [0, 0.1) is 6.92 Å². The van der Waals surface area contributed by atoms with Gasteiger partial charge in [-0.05, 0) is 54.1 Å². The van der Waals surface area contributed by atoms with Crippen molar-refractivity contribution in [2.45, 2.75) is 19.9 Å². The van der Waals surface area contributed by atoms with Gasteiger partial charge in [0.15, 0.2) is 5.76 Å². The third-order valence-electron chi connectivity index (χ3n) is 5.43. The number of Topliss-reactive ketones (excluding diaryl/α,β-unsaturated/α-hetero) is 1. The Balaban J connectivity index is 1.44. The van der Waals surface area contributed by atoms with Crippen molar-refractivity contribution in [3.05, 3.63) is 85.8 Å². The Bertz CT molecular complexity index is 1150. The van der Waals surface area contributed by atoms with Gasteiger partial charge < -0.3 is 9.47 Å². The van der Waals surface area contributed by atoms with Gasteiger partial charge in [0.1, 0.15) is 18.2 Å². The largest absolute Gasteiger partial charge is 0.478 e. The predicted molar refractivity (Wildman–Crippen MR) is 119 cm³/mol. The second-order valence-electron chi connectivity index (χ2n) is 7.49. The van der Waals surface area contributed by atoms with Gasteiger partial charge in [0.2, 0.25) is 5.78 Å². The summed E-state index contributed by atoms with van der Waals surface area (Å²) in [5, 5.41) is 2.68. The molecule has 0 saturated heterocycles. The molecule has 3 heterocycles. The zero-order valence-corrected chi connectivity index (χ0v) is 18.1. The number of aryl methyl sites for hydroxylation is 1. The third-order valence-corrected chi connectivity index (χ3v) is 6.71. The van der Waals surface area contributed by atoms with Gasteiger partial charge in [-0.2, -0.15) is 0 Å². The van der Waals surface area contributed by atoms with Crippen LogP contribution in [0.4, 0.5) is 0 Å². The standard InChI is InChI=1S/C24H20ClNO3S/c1-15-11-20-18(13-26(14-28-20)9-8-17-6-4-10-30-17)24-22(15)23(27)21(29-24)12-16-5-2-3-7-19(16)25/h2-7,10-12H,8-9,13-14H2,1H3/b21-12-. The van der Waals surface area contributed by atoms with Crippen molar-refractivity contribution in [2.24, 2.45) is 0 Å². The lowest BCUT2D eigenvalue weighted by Gasteiger charge is -2.30. The Morgan fingerprint density at radius 3 is 2.90 bits per heavy atom. The van der Waals surface area contributed by atoms with Crippen LogP contribution in [0.3, 0.4) is 0 Å². The van der Waals surface area contributed by atoms with Gasteiger partial charge >= 0.3 is 0 Å². The predicted octanol–water partition coefficient (Wildman–Crippen LogP) is 5.72. The minimum Gasteiger partial charge on any atom is -0.478 e. The van der Waals surface area contributed by atoms with E-state index in [-0.39, 0.29) is 5.78 Å². The van der Waals surface area contributed by atoms with Gasteiger partial charge in [0.25, 0.3) is 0 Å². The number of carbonyl (C=O) groups excluding carboxylic acids is 1. The molecule has 0 aliphatic carbocycles. The molecule has 6 heteroatoms. The number of ketones is 1. The molecule has 0 unspecified atom stereocenters. The highest BCUT2D eigenvalue weighted by atomic mass is 35.5. The van der Waals surface area contributed by atoms with E-state index in [4.69, 9.17) is 21.1 Å². The van der Waals surface area contributed by atoms with Gasteiger partial charge in [-0.1, -0.05) is 35.9 Å². The number of thiophene rings is 1. The monoisotopic (exact) mass is 437 g/mol. The topological polar surface area (TPSA) is 38.8 Å². The Kier molecular flexibility index (Phi) is 5.11. The fourth-order valence-electron chi connectivity index (χ4n) is 3.88. The Labute approximate surface area is 184 Å². The summed E-state index contributed by atoms with van der Waals surface area (Å²) in [5.74, 6) is 1.60. The van der Waals surface area contributed by atoms with Gasteiger partial charge in [0.05, 0.1) is 11.1 Å². The van der Waals surface area contributed by atoms with E-state index in [1.165, 1.54) is 4.88 Å². The Morgan fingerprint density at radius 1 is 1.23 bits per heavy atom. The number of hydrogen-bond donors (Lipinski definition) is 0. The van der Waals surface area contributed by atoms with Crippen LogP contribution < -0.4 is 9.47 Å². The van der Waals surface area contributed by atoms with Crippen LogP contribution in [-0.4, -0.2) is 24.0 Å². The normalized spacial score (nSPS) is 16.9. The number of rotatable bonds is 4. The van der Waals surface area contributed by atoms with E-state index < -0.39 is 0 Å². The van der Waals surface area contributed by atoms with Gasteiger partial charge in [-0.25, -0.2) is 0 Å². The average Bonchev–Trinajstić information content (AvgIpc) is 3.37. The molecule has 0 N–H and O–H groups in total. The SMILES string of the molecule is Cc1cc2c(c3c1C(=O)/C(=C/c1ccccc1Cl)O3)CN(CCc1cccs1)CO2. The minimum atomic E-state index is -0.110. The second-order valence-corrected chi connectivity index (χ2v) is 8.93. The molecule has 0 amide bonds. The highest BCUT2D eigenvalue weighted by Crippen LogP contribution is 2.44. The number of carbonyl (C=O) groups is 1. The van der Waals surface area contributed by atoms with E-state index in [0.717, 1.165) is 35.4 Å². The van der Waals surface area contributed by atoms with Crippen LogP contribution in [-0.2, 0) is 13.0 Å². The quantitative estimate of drug-likeness (QED) is 0.489. The molecular formula is C24H20ClNO3S. The number of halogens is 1. The number of allylic oxidation sites excluding steroid dienone is 1. The van der Waals surface area contributed by atoms with Crippen LogP contribution in [0.2, 0.25) is 5.02 Å². The summed E-state index contributed by atoms with van der Waals surface area (Å²) in [6.45, 7) is 4.03. The number of fused-ring (bicyclic) bond motifs is 3. The molecular weight excluding hydrogens is 418 g/mol. The summed E-state index contributed by atoms with van der Waals surface area (Å²) in [7, 11) is 0. The lowest BCUT2D eigenvalue weighted by molar-refractivity contribution is 0.0951. The zero-order chi connectivity index (χ0) is 20.7. The molecule has 4 nitrogen and oxygen atoms in total. The van der Waals surface area contributed by atoms with E-state index in [0.29, 0.717) is 35.4 Å². The number of benzene rings is 2. The second kappa shape index (κ2) is 7.91. The molecule has 0 radical (unpaired) electrons. The highest BCUT2D eigenvalue weighted by molar-refractivity contribution is 7.09. The van der Waals surface area contributed by atoms with Crippen LogP contribution >= 0.6 is 22.9 Å². The summed E-state index contributed by atoms with van der Waals surface area (Å²) >= 11 is 8.03. The van der Waals surface area contributed by atoms with Crippen molar-refractivity contribution in [2.75, 3.05) is 13.3 Å². The average molecular weight is 438 g/mol. The van der Waals surface area contributed by atoms with Crippen molar-refractivity contribution in [1.29, 1.82) is 0 Å². The third kappa shape index (κ3) is 3.54. The lowest BCUT2D eigenvalue weighted by atomic mass is 9.98. The van der Waals surface area contributed by atoms with Crippen molar-refractivity contribution in [3.63, 3.8) is 0 Å². The maximum atomic E-state index is 13.1. The van der Waals surface area contributed by atoms with Crippen LogP contribution in [0.5, 0.6) is 11.5 Å². The summed E-state index contributed by atoms with van der Waals surface area (Å²) < 4.78 is 12.1. The van der Waals surface area contributed by atoms with Gasteiger partial charge in [0, 0.05) is 23.0 Å². The number of hydrogen-bond acceptors (Lipinski definition) is 5. The lowest BCUT2D eigenvalue weighted by Crippen LogP contribution is -2.33. The van der Waals surface area contributed by atoms with Crippen molar-refractivity contribution in [3.8, 4) is 11.5 Å². The molecule has 0 atom stereocenters. The van der Waals surface area contributed by atoms with E-state index in [2.05, 4.69) is 22.4 Å². The fourth-order valence-corrected chi connectivity index (χ4v) is 4.76. The minimum absolute atomic E-state index is 0.110. The van der Waals surface area contributed by atoms with Crippen LogP contribution in [0.1, 0.15) is 31.9 Å². The van der Waals surface area contributed by atoms with Gasteiger partial charge in [-0.3, -0.25) is 9.69 Å². The molecule has 3 aromatic rings. The molecule has 30 heavy (non-hydrogen) atoms. The first-order chi connectivity index (χ1) is 14.6. The fraction of sp³-hybridized carbons (Fsp3) is 0.208. The molecule has 5 rings (SSSR count). The van der Waals surface area contributed by atoms with E-state index in [9.17, 15) is 4.79 Å². The number of nitrogens with zero attached hydrogens (tertiary/aromatic N) is 1. The Morgan fingerprint density at radius 2 is 2.10 bits per heavy atom. The van der Waals surface area contributed by atoms with E-state index in [1.54, 1.807) is 23.5 Å². The van der Waals surface area contributed by atoms with Crippen LogP contribution in [0.25, 0.3) is 6.08 Å². The highest BCUT2D eigenvalue weighted by Gasteiger charge is 2.35. The molecule has 1 aromatic heterocycles. The van der Waals surface area contributed by atoms with Crippen molar-refractivity contribution in [1.82, 2.24) is 4.90 Å². The maximum absolute atomic E-state index is 13.1. The molecule has 2 aliphatic rings. The Hall–Kier alpha value is -2.60. The van der Waals surface area contributed by atoms with Gasteiger partial charge in [-0.15, -0.1) is 11.3 Å². The molecule has 2 aromatic carbocycles. The van der Waals surface area contributed by atoms with E-state index >= 15 is 0 Å². The van der Waals surface area contributed by atoms with Crippen LogP contribution in [0.15, 0.2) is 53.6 Å². The first-order valence-corrected chi connectivity index (χ1v) is 11.1. The molecule has 0 bridgehead atoms. The first kappa shape index (κ1) is 19.4. The molecule has 0 spiro atoms. The molecule has 2 aliphatic heterocycles.